The van der Waals surface area contributed by atoms with Crippen LogP contribution in [0.4, 0.5) is 0 Å². The Morgan fingerprint density at radius 3 is 2.69 bits per heavy atom. The first-order valence-corrected chi connectivity index (χ1v) is 5.97. The average Bonchev–Trinajstić information content (AvgIpc) is 2.78. The molecule has 1 atom stereocenters. The molecule has 0 aromatic carbocycles. The fraction of sp³-hybridized carbons (Fsp3) is 0.818. The Kier molecular flexibility index (Phi) is 5.25. The van der Waals surface area contributed by atoms with Gasteiger partial charge in [0.25, 0.3) is 0 Å². The minimum atomic E-state index is -0.0885. The van der Waals surface area contributed by atoms with E-state index in [1.807, 2.05) is 13.8 Å². The highest BCUT2D eigenvalue weighted by atomic mass is 16.2. The van der Waals surface area contributed by atoms with E-state index in [0.717, 1.165) is 19.4 Å². The lowest BCUT2D eigenvalue weighted by molar-refractivity contribution is -0.137. The SMILES string of the molecule is CCNC(=O)CN(CC)C(=O)[C@H]1CCCN1. The second-order valence-electron chi connectivity index (χ2n) is 3.95. The first kappa shape index (κ1) is 13.0. The van der Waals surface area contributed by atoms with E-state index in [9.17, 15) is 9.59 Å². The highest BCUT2D eigenvalue weighted by Gasteiger charge is 2.26. The van der Waals surface area contributed by atoms with Gasteiger partial charge in [0.2, 0.25) is 11.8 Å². The van der Waals surface area contributed by atoms with Crippen LogP contribution in [0.5, 0.6) is 0 Å². The van der Waals surface area contributed by atoms with E-state index in [-0.39, 0.29) is 24.4 Å². The van der Waals surface area contributed by atoms with Crippen LogP contribution in [0, 0.1) is 0 Å². The van der Waals surface area contributed by atoms with Gasteiger partial charge in [0.1, 0.15) is 0 Å². The van der Waals surface area contributed by atoms with Gasteiger partial charge in [0.15, 0.2) is 0 Å². The van der Waals surface area contributed by atoms with Crippen molar-refractivity contribution in [2.45, 2.75) is 32.7 Å². The third-order valence-electron chi connectivity index (χ3n) is 2.76. The lowest BCUT2D eigenvalue weighted by atomic mass is 10.2. The number of hydrogen-bond donors (Lipinski definition) is 2. The van der Waals surface area contributed by atoms with E-state index in [2.05, 4.69) is 10.6 Å². The van der Waals surface area contributed by atoms with Crippen molar-refractivity contribution in [3.63, 3.8) is 0 Å². The Morgan fingerprint density at radius 1 is 1.44 bits per heavy atom. The minimum Gasteiger partial charge on any atom is -0.355 e. The Hall–Kier alpha value is -1.10. The van der Waals surface area contributed by atoms with Gasteiger partial charge >= 0.3 is 0 Å². The molecular formula is C11H21N3O2. The van der Waals surface area contributed by atoms with Gasteiger partial charge in [0.05, 0.1) is 12.6 Å². The summed E-state index contributed by atoms with van der Waals surface area (Å²) in [5.74, 6) is -0.0399. The van der Waals surface area contributed by atoms with Crippen molar-refractivity contribution in [2.75, 3.05) is 26.2 Å². The van der Waals surface area contributed by atoms with Crippen molar-refractivity contribution in [3.05, 3.63) is 0 Å². The highest BCUT2D eigenvalue weighted by Crippen LogP contribution is 2.08. The molecule has 1 heterocycles. The van der Waals surface area contributed by atoms with Crippen LogP contribution in [-0.4, -0.2) is 48.9 Å². The second-order valence-corrected chi connectivity index (χ2v) is 3.95. The summed E-state index contributed by atoms with van der Waals surface area (Å²) in [6.45, 7) is 6.01. The van der Waals surface area contributed by atoms with Crippen LogP contribution in [0.15, 0.2) is 0 Å². The van der Waals surface area contributed by atoms with E-state index in [1.54, 1.807) is 4.90 Å². The van der Waals surface area contributed by atoms with Gasteiger partial charge < -0.3 is 15.5 Å². The summed E-state index contributed by atoms with van der Waals surface area (Å²) in [4.78, 5) is 25.0. The molecule has 1 aliphatic heterocycles. The van der Waals surface area contributed by atoms with Crippen molar-refractivity contribution >= 4 is 11.8 Å². The van der Waals surface area contributed by atoms with Crippen LogP contribution in [-0.2, 0) is 9.59 Å². The number of nitrogens with one attached hydrogen (secondary N) is 2. The largest absolute Gasteiger partial charge is 0.355 e. The van der Waals surface area contributed by atoms with Crippen LogP contribution < -0.4 is 10.6 Å². The molecule has 2 amide bonds. The molecule has 5 heteroatoms. The minimum absolute atomic E-state index is 0.0475. The number of hydrogen-bond acceptors (Lipinski definition) is 3. The lowest BCUT2D eigenvalue weighted by Crippen LogP contribution is -2.47. The number of likely N-dealkylation sites (N-methyl/N-ethyl adjacent to an activating group) is 2. The molecule has 0 aliphatic carbocycles. The second kappa shape index (κ2) is 6.48. The van der Waals surface area contributed by atoms with Crippen molar-refractivity contribution in [1.29, 1.82) is 0 Å². The maximum Gasteiger partial charge on any atom is 0.240 e. The van der Waals surface area contributed by atoms with Crippen LogP contribution in [0.3, 0.4) is 0 Å². The van der Waals surface area contributed by atoms with Crippen molar-refractivity contribution in [1.82, 2.24) is 15.5 Å². The van der Waals surface area contributed by atoms with Gasteiger partial charge in [-0.25, -0.2) is 0 Å². The van der Waals surface area contributed by atoms with Crippen molar-refractivity contribution in [2.24, 2.45) is 0 Å². The summed E-state index contributed by atoms with van der Waals surface area (Å²) < 4.78 is 0. The van der Waals surface area contributed by atoms with Gasteiger partial charge in [0, 0.05) is 13.1 Å². The first-order valence-electron chi connectivity index (χ1n) is 5.97. The molecule has 1 saturated heterocycles. The van der Waals surface area contributed by atoms with Crippen LogP contribution in [0.1, 0.15) is 26.7 Å². The quantitative estimate of drug-likeness (QED) is 0.679. The zero-order chi connectivity index (χ0) is 12.0. The van der Waals surface area contributed by atoms with Gasteiger partial charge in [-0.05, 0) is 33.2 Å². The molecule has 1 rings (SSSR count). The van der Waals surface area contributed by atoms with Crippen LogP contribution in [0.2, 0.25) is 0 Å². The summed E-state index contributed by atoms with van der Waals surface area (Å²) in [6, 6.07) is -0.0885. The van der Waals surface area contributed by atoms with Crippen LogP contribution >= 0.6 is 0 Å². The van der Waals surface area contributed by atoms with E-state index < -0.39 is 0 Å². The predicted octanol–water partition coefficient (Wildman–Crippen LogP) is -0.277. The number of carbonyl (C=O) groups is 2. The van der Waals surface area contributed by atoms with Gasteiger partial charge in [-0.15, -0.1) is 0 Å². The standard InChI is InChI=1S/C11H21N3O2/c1-3-12-10(15)8-14(4-2)11(16)9-6-5-7-13-9/h9,13H,3-8H2,1-2H3,(H,12,15)/t9-/m1/s1. The zero-order valence-electron chi connectivity index (χ0n) is 10.1. The summed E-state index contributed by atoms with van der Waals surface area (Å²) in [5, 5.41) is 5.86. The average molecular weight is 227 g/mol. The fourth-order valence-corrected chi connectivity index (χ4v) is 1.89. The summed E-state index contributed by atoms with van der Waals surface area (Å²) in [7, 11) is 0. The van der Waals surface area contributed by atoms with E-state index in [4.69, 9.17) is 0 Å². The molecule has 16 heavy (non-hydrogen) atoms. The van der Waals surface area contributed by atoms with Gasteiger partial charge in [-0.3, -0.25) is 9.59 Å². The summed E-state index contributed by atoms with van der Waals surface area (Å²) in [6.07, 6.45) is 1.92. The van der Waals surface area contributed by atoms with Gasteiger partial charge in [-0.1, -0.05) is 0 Å². The molecule has 0 saturated carbocycles. The van der Waals surface area contributed by atoms with E-state index >= 15 is 0 Å². The maximum absolute atomic E-state index is 12.0. The van der Waals surface area contributed by atoms with E-state index in [0.29, 0.717) is 13.1 Å². The zero-order valence-corrected chi connectivity index (χ0v) is 10.1. The topological polar surface area (TPSA) is 61.4 Å². The third kappa shape index (κ3) is 3.48. The number of nitrogens with zero attached hydrogens (tertiary/aromatic N) is 1. The highest BCUT2D eigenvalue weighted by molar-refractivity contribution is 5.87. The monoisotopic (exact) mass is 227 g/mol. The fourth-order valence-electron chi connectivity index (χ4n) is 1.89. The predicted molar refractivity (Wildman–Crippen MR) is 62.0 cm³/mol. The Morgan fingerprint density at radius 2 is 2.19 bits per heavy atom. The molecular weight excluding hydrogens is 206 g/mol. The first-order chi connectivity index (χ1) is 7.69. The molecule has 5 nitrogen and oxygen atoms in total. The summed E-state index contributed by atoms with van der Waals surface area (Å²) >= 11 is 0. The number of amides is 2. The molecule has 0 aromatic rings. The molecule has 92 valence electrons. The van der Waals surface area contributed by atoms with Crippen LogP contribution in [0.25, 0.3) is 0 Å². The molecule has 0 spiro atoms. The number of carbonyl (C=O) groups excluding carboxylic acids is 2. The smallest absolute Gasteiger partial charge is 0.240 e. The third-order valence-corrected chi connectivity index (χ3v) is 2.76. The summed E-state index contributed by atoms with van der Waals surface area (Å²) in [5.41, 5.74) is 0. The van der Waals surface area contributed by atoms with Crippen molar-refractivity contribution < 1.29 is 9.59 Å². The molecule has 0 unspecified atom stereocenters. The maximum atomic E-state index is 12.0. The molecule has 0 aromatic heterocycles. The van der Waals surface area contributed by atoms with Gasteiger partial charge in [-0.2, -0.15) is 0 Å². The van der Waals surface area contributed by atoms with Crippen molar-refractivity contribution in [3.8, 4) is 0 Å². The number of rotatable bonds is 5. The van der Waals surface area contributed by atoms with E-state index in [1.165, 1.54) is 0 Å². The molecule has 1 fully saturated rings. The Balaban J connectivity index is 2.45. The normalized spacial score (nSPS) is 19.5. The molecule has 2 N–H and O–H groups in total. The molecule has 0 bridgehead atoms. The molecule has 1 aliphatic rings. The lowest BCUT2D eigenvalue weighted by Gasteiger charge is -2.23. The Bertz CT molecular complexity index is 250. The Labute approximate surface area is 96.6 Å². The molecule has 0 radical (unpaired) electrons.